The number of benzene rings is 2. The molecule has 0 aromatic heterocycles. The average Bonchev–Trinajstić information content (AvgIpc) is 2.91. The number of allylic oxidation sites excluding steroid dienone is 1. The number of aromatic hydroxyl groups is 1. The first kappa shape index (κ1) is 31.6. The lowest BCUT2D eigenvalue weighted by molar-refractivity contribution is -0.139. The summed E-state index contributed by atoms with van der Waals surface area (Å²) in [7, 11) is 7.10. The normalized spacial score (nSPS) is 26.7. The van der Waals surface area contributed by atoms with Gasteiger partial charge in [-0.2, -0.15) is 0 Å². The van der Waals surface area contributed by atoms with Gasteiger partial charge in [-0.3, -0.25) is 19.4 Å². The number of ether oxygens (including phenoxy) is 1. The third-order valence-electron chi connectivity index (χ3n) is 9.90. The number of primary amides is 1. The number of hydrogen-bond donors (Lipinski definition) is 5. The van der Waals surface area contributed by atoms with Crippen molar-refractivity contribution in [3.63, 3.8) is 0 Å². The number of phenolic OH excluding ortho intramolecular Hbond substituents is 1. The maximum absolute atomic E-state index is 14.3. The van der Waals surface area contributed by atoms with Crippen molar-refractivity contribution in [2.24, 2.45) is 23.5 Å². The van der Waals surface area contributed by atoms with E-state index in [4.69, 9.17) is 10.5 Å². The lowest BCUT2D eigenvalue weighted by atomic mass is 9.55. The van der Waals surface area contributed by atoms with Gasteiger partial charge in [0.25, 0.3) is 5.91 Å². The van der Waals surface area contributed by atoms with Gasteiger partial charge in [-0.05, 0) is 101 Å². The molecule has 0 spiro atoms. The van der Waals surface area contributed by atoms with E-state index in [1.807, 2.05) is 12.1 Å². The van der Waals surface area contributed by atoms with E-state index in [2.05, 4.69) is 31.9 Å². The van der Waals surface area contributed by atoms with Crippen molar-refractivity contribution in [2.75, 3.05) is 28.3 Å². The quantitative estimate of drug-likeness (QED) is 0.318. The summed E-state index contributed by atoms with van der Waals surface area (Å²) in [6.07, 6.45) is 0.651. The topological polar surface area (TPSA) is 157 Å². The summed E-state index contributed by atoms with van der Waals surface area (Å²) in [5.74, 6) is -3.98. The van der Waals surface area contributed by atoms with Crippen LogP contribution in [-0.2, 0) is 22.6 Å². The van der Waals surface area contributed by atoms with Gasteiger partial charge in [-0.25, -0.2) is 0 Å². The van der Waals surface area contributed by atoms with Crippen molar-refractivity contribution in [1.29, 1.82) is 0 Å². The second-order valence-electron chi connectivity index (χ2n) is 13.1. The van der Waals surface area contributed by atoms with E-state index in [0.717, 1.165) is 16.7 Å². The van der Waals surface area contributed by atoms with Crippen molar-refractivity contribution in [1.82, 2.24) is 9.80 Å². The Morgan fingerprint density at radius 3 is 2.39 bits per heavy atom. The van der Waals surface area contributed by atoms with Crippen LogP contribution in [-0.4, -0.2) is 87.9 Å². The summed E-state index contributed by atoms with van der Waals surface area (Å²) in [5.41, 5.74) is 6.71. The molecule has 10 nitrogen and oxygen atoms in total. The molecule has 0 aliphatic heterocycles. The minimum atomic E-state index is -2.07. The number of nitrogens with zero attached hydrogens (tertiary/aromatic N) is 2. The number of rotatable bonds is 7. The Balaban J connectivity index is 1.68. The summed E-state index contributed by atoms with van der Waals surface area (Å²) in [5, 5.41) is 45.6. The molecule has 44 heavy (non-hydrogen) atoms. The number of aliphatic hydroxyl groups excluding tert-OH is 2. The first-order chi connectivity index (χ1) is 20.6. The van der Waals surface area contributed by atoms with E-state index in [1.54, 1.807) is 32.2 Å². The molecule has 1 fully saturated rings. The van der Waals surface area contributed by atoms with Gasteiger partial charge in [-0.15, -0.1) is 0 Å². The summed E-state index contributed by atoms with van der Waals surface area (Å²) >= 11 is 0. The van der Waals surface area contributed by atoms with Crippen LogP contribution in [0.25, 0.3) is 16.9 Å². The van der Waals surface area contributed by atoms with E-state index in [9.17, 15) is 30.0 Å². The molecular weight excluding hydrogens is 562 g/mol. The Bertz CT molecular complexity index is 1590. The van der Waals surface area contributed by atoms with Crippen LogP contribution in [0.3, 0.4) is 0 Å². The summed E-state index contributed by atoms with van der Waals surface area (Å²) in [6, 6.07) is 8.87. The van der Waals surface area contributed by atoms with E-state index in [-0.39, 0.29) is 28.4 Å². The zero-order valence-electron chi connectivity index (χ0n) is 26.4. The van der Waals surface area contributed by atoms with Gasteiger partial charge in [0.05, 0.1) is 30.2 Å². The summed E-state index contributed by atoms with van der Waals surface area (Å²) in [4.78, 5) is 30.6. The van der Waals surface area contributed by atoms with Gasteiger partial charge in [0.2, 0.25) is 0 Å². The molecule has 6 N–H and O–H groups in total. The highest BCUT2D eigenvalue weighted by Crippen LogP contribution is 2.55. The SMILES string of the molecule is COc1ccc(CN(C)C(C)C)cc1-c1ccc(O)c2c1CC1CC3C(C(=O)C1=C2O)C(C)(O)C(C(N)=O)=C(O)[C@H]3N(C)C. The fourth-order valence-corrected chi connectivity index (χ4v) is 7.67. The Labute approximate surface area is 258 Å². The molecule has 0 bridgehead atoms. The van der Waals surface area contributed by atoms with Crippen LogP contribution in [0.15, 0.2) is 47.2 Å². The number of hydrogen-bond acceptors (Lipinski definition) is 9. The number of phenols is 1. The Kier molecular flexibility index (Phi) is 8.07. The highest BCUT2D eigenvalue weighted by molar-refractivity contribution is 6.08. The van der Waals surface area contributed by atoms with Gasteiger partial charge < -0.3 is 30.9 Å². The summed E-state index contributed by atoms with van der Waals surface area (Å²) in [6.45, 7) is 6.27. The fraction of sp³-hybridized carbons (Fsp3) is 0.471. The molecule has 0 heterocycles. The first-order valence-electron chi connectivity index (χ1n) is 14.9. The van der Waals surface area contributed by atoms with Gasteiger partial charge in [0.15, 0.2) is 5.78 Å². The van der Waals surface area contributed by atoms with Crippen molar-refractivity contribution in [2.45, 2.75) is 57.8 Å². The van der Waals surface area contributed by atoms with E-state index >= 15 is 0 Å². The molecule has 3 aliphatic carbocycles. The molecule has 236 valence electrons. The number of fused-ring (bicyclic) bond motifs is 3. The number of nitrogens with two attached hydrogens (primary N) is 1. The molecule has 0 radical (unpaired) electrons. The van der Waals surface area contributed by atoms with Crippen LogP contribution in [0.1, 0.15) is 43.9 Å². The smallest absolute Gasteiger partial charge is 0.251 e. The molecule has 2 aromatic carbocycles. The van der Waals surface area contributed by atoms with Crippen LogP contribution in [0.2, 0.25) is 0 Å². The Morgan fingerprint density at radius 1 is 1.11 bits per heavy atom. The fourth-order valence-electron chi connectivity index (χ4n) is 7.67. The van der Waals surface area contributed by atoms with Gasteiger partial charge >= 0.3 is 0 Å². The summed E-state index contributed by atoms with van der Waals surface area (Å²) < 4.78 is 5.75. The number of amides is 1. The third-order valence-corrected chi connectivity index (χ3v) is 9.90. The van der Waals surface area contributed by atoms with Gasteiger partial charge in [0.1, 0.15) is 28.6 Å². The third kappa shape index (κ3) is 4.85. The van der Waals surface area contributed by atoms with Crippen LogP contribution >= 0.6 is 0 Å². The number of likely N-dealkylation sites (N-methyl/N-ethyl adjacent to an activating group) is 1. The number of methoxy groups -OCH3 is 1. The minimum absolute atomic E-state index is 0.105. The predicted molar refractivity (Wildman–Crippen MR) is 167 cm³/mol. The van der Waals surface area contributed by atoms with Crippen LogP contribution < -0.4 is 10.5 Å². The van der Waals surface area contributed by atoms with Crippen LogP contribution in [0.5, 0.6) is 11.5 Å². The van der Waals surface area contributed by atoms with E-state index < -0.39 is 46.7 Å². The van der Waals surface area contributed by atoms with Crippen molar-refractivity contribution in [3.8, 4) is 22.6 Å². The Morgan fingerprint density at radius 2 is 1.80 bits per heavy atom. The zero-order chi connectivity index (χ0) is 32.4. The number of ketones is 1. The highest BCUT2D eigenvalue weighted by Gasteiger charge is 2.60. The van der Waals surface area contributed by atoms with Gasteiger partial charge in [0, 0.05) is 23.7 Å². The number of carbonyl (C=O) groups is 2. The van der Waals surface area contributed by atoms with Crippen molar-refractivity contribution >= 4 is 17.4 Å². The van der Waals surface area contributed by atoms with E-state index in [0.29, 0.717) is 36.7 Å². The second kappa shape index (κ2) is 11.3. The second-order valence-corrected chi connectivity index (χ2v) is 13.1. The predicted octanol–water partition coefficient (Wildman–Crippen LogP) is 3.55. The monoisotopic (exact) mass is 605 g/mol. The molecule has 1 saturated carbocycles. The van der Waals surface area contributed by atoms with Gasteiger partial charge in [-0.1, -0.05) is 12.1 Å². The number of carbonyl (C=O) groups excluding carboxylic acids is 2. The minimum Gasteiger partial charge on any atom is -0.510 e. The van der Waals surface area contributed by atoms with E-state index in [1.165, 1.54) is 13.0 Å². The zero-order valence-corrected chi connectivity index (χ0v) is 26.4. The molecule has 3 aliphatic rings. The lowest BCUT2D eigenvalue weighted by Crippen LogP contribution is -2.61. The first-order valence-corrected chi connectivity index (χ1v) is 14.9. The van der Waals surface area contributed by atoms with Crippen LogP contribution in [0, 0.1) is 17.8 Å². The molecule has 1 amide bonds. The molecule has 5 atom stereocenters. The maximum Gasteiger partial charge on any atom is 0.251 e. The molecule has 2 aromatic rings. The van der Waals surface area contributed by atoms with Crippen LogP contribution in [0.4, 0.5) is 0 Å². The standard InChI is InChI=1S/C34H43N3O7/c1-16(2)37(6)15-17-8-11-24(44-7)20(12-17)19-9-10-23(38)26-21(19)13-18-14-22-27(31(40)25(18)30(26)39)34(3,43)28(33(35)42)32(41)29(22)36(4)5/h8-12,16,18,22,27,29,38-39,41,43H,13-15H2,1-7H3,(H2,35,42)/t18?,22?,27?,29-,34?/m0/s1. The maximum atomic E-state index is 14.3. The highest BCUT2D eigenvalue weighted by atomic mass is 16.5. The number of aliphatic hydroxyl groups is 3. The Hall–Kier alpha value is -3.86. The molecular formula is C34H43N3O7. The van der Waals surface area contributed by atoms with Crippen molar-refractivity contribution in [3.05, 3.63) is 63.9 Å². The van der Waals surface area contributed by atoms with Crippen molar-refractivity contribution < 1.29 is 34.8 Å². The number of Topliss-reactive ketones (excluding diaryl/α,β-unsaturated/α-hetero) is 1. The lowest BCUT2D eigenvalue weighted by Gasteiger charge is -2.52. The molecule has 4 unspecified atom stereocenters. The molecule has 10 heteroatoms. The largest absolute Gasteiger partial charge is 0.510 e. The molecule has 5 rings (SSSR count). The average molecular weight is 606 g/mol. The molecule has 0 saturated heterocycles.